The third-order valence-corrected chi connectivity index (χ3v) is 4.67. The average Bonchev–Trinajstić information content (AvgIpc) is 2.81. The van der Waals surface area contributed by atoms with Gasteiger partial charge < -0.3 is 5.32 Å². The number of thiophene rings is 1. The number of hydrogen-bond donors (Lipinski definition) is 1. The maximum absolute atomic E-state index is 13.9. The number of rotatable bonds is 6. The molecule has 1 heterocycles. The minimum absolute atomic E-state index is 0.130. The first-order chi connectivity index (χ1) is 9.61. The molecule has 2 aromatic rings. The Bertz CT molecular complexity index is 551. The van der Waals surface area contributed by atoms with Gasteiger partial charge in [-0.15, -0.1) is 11.3 Å². The highest BCUT2D eigenvalue weighted by Crippen LogP contribution is 2.29. The van der Waals surface area contributed by atoms with Gasteiger partial charge in [-0.1, -0.05) is 13.0 Å². The molecule has 0 saturated heterocycles. The van der Waals surface area contributed by atoms with Crippen molar-refractivity contribution in [2.24, 2.45) is 0 Å². The van der Waals surface area contributed by atoms with Gasteiger partial charge in [0.25, 0.3) is 0 Å². The molecule has 20 heavy (non-hydrogen) atoms. The van der Waals surface area contributed by atoms with E-state index in [0.29, 0.717) is 6.42 Å². The van der Waals surface area contributed by atoms with Gasteiger partial charge in [0.05, 0.1) is 3.79 Å². The van der Waals surface area contributed by atoms with E-state index in [2.05, 4.69) is 21.2 Å². The van der Waals surface area contributed by atoms with Crippen LogP contribution in [0.3, 0.4) is 0 Å². The average molecular weight is 360 g/mol. The quantitative estimate of drug-likeness (QED) is 0.758. The Kier molecular flexibility index (Phi) is 5.69. The van der Waals surface area contributed by atoms with E-state index in [1.54, 1.807) is 11.3 Å². The van der Waals surface area contributed by atoms with E-state index in [9.17, 15) is 8.78 Å². The molecule has 0 fully saturated rings. The Morgan fingerprint density at radius 1 is 1.20 bits per heavy atom. The Morgan fingerprint density at radius 3 is 2.45 bits per heavy atom. The highest BCUT2D eigenvalue weighted by molar-refractivity contribution is 9.11. The number of benzene rings is 1. The zero-order valence-electron chi connectivity index (χ0n) is 11.1. The van der Waals surface area contributed by atoms with Gasteiger partial charge in [-0.3, -0.25) is 0 Å². The lowest BCUT2D eigenvalue weighted by molar-refractivity contribution is 0.466. The molecule has 0 bridgehead atoms. The smallest absolute Gasteiger partial charge is 0.130 e. The third-order valence-electron chi connectivity index (χ3n) is 3.02. The number of hydrogen-bond acceptors (Lipinski definition) is 2. The highest BCUT2D eigenvalue weighted by atomic mass is 79.9. The molecule has 1 unspecified atom stereocenters. The molecule has 1 aromatic heterocycles. The topological polar surface area (TPSA) is 12.0 Å². The summed E-state index contributed by atoms with van der Waals surface area (Å²) >= 11 is 5.00. The molecule has 0 spiro atoms. The molecule has 1 aromatic carbocycles. The normalized spacial score (nSPS) is 12.6. The van der Waals surface area contributed by atoms with Crippen LogP contribution in [0.1, 0.15) is 29.8 Å². The lowest BCUT2D eigenvalue weighted by Crippen LogP contribution is -2.25. The Morgan fingerprint density at radius 2 is 1.90 bits per heavy atom. The molecule has 1 nitrogen and oxygen atoms in total. The van der Waals surface area contributed by atoms with Crippen LogP contribution < -0.4 is 5.32 Å². The Labute approximate surface area is 130 Å². The molecule has 0 aliphatic heterocycles. The summed E-state index contributed by atoms with van der Waals surface area (Å²) in [7, 11) is 0. The van der Waals surface area contributed by atoms with Crippen molar-refractivity contribution >= 4 is 27.3 Å². The number of nitrogens with one attached hydrogen (secondary N) is 1. The summed E-state index contributed by atoms with van der Waals surface area (Å²) in [6, 6.07) is 7.60. The SMILES string of the molecule is CCCNC(Cc1ccc(Br)s1)c1c(F)cccc1F. The summed E-state index contributed by atoms with van der Waals surface area (Å²) in [5.74, 6) is -0.983. The predicted molar refractivity (Wildman–Crippen MR) is 83.1 cm³/mol. The summed E-state index contributed by atoms with van der Waals surface area (Å²) in [6.45, 7) is 2.76. The van der Waals surface area contributed by atoms with Crippen LogP contribution in [0.25, 0.3) is 0 Å². The molecule has 0 saturated carbocycles. The third kappa shape index (κ3) is 3.87. The van der Waals surface area contributed by atoms with Crippen LogP contribution in [0, 0.1) is 11.6 Å². The first-order valence-corrected chi connectivity index (χ1v) is 8.14. The van der Waals surface area contributed by atoms with Crippen LogP contribution in [0.5, 0.6) is 0 Å². The van der Waals surface area contributed by atoms with Crippen LogP contribution in [0.4, 0.5) is 8.78 Å². The zero-order valence-corrected chi connectivity index (χ0v) is 13.5. The van der Waals surface area contributed by atoms with E-state index < -0.39 is 11.6 Å². The van der Waals surface area contributed by atoms with Gasteiger partial charge in [0.2, 0.25) is 0 Å². The molecule has 0 radical (unpaired) electrons. The van der Waals surface area contributed by atoms with E-state index in [4.69, 9.17) is 0 Å². The van der Waals surface area contributed by atoms with Crippen molar-refractivity contribution in [3.8, 4) is 0 Å². The van der Waals surface area contributed by atoms with Gasteiger partial charge in [0, 0.05) is 22.9 Å². The van der Waals surface area contributed by atoms with Crippen molar-refractivity contribution in [1.82, 2.24) is 5.32 Å². The summed E-state index contributed by atoms with van der Waals surface area (Å²) < 4.78 is 28.9. The summed E-state index contributed by atoms with van der Waals surface area (Å²) in [5.41, 5.74) is 0.130. The second kappa shape index (κ2) is 7.29. The molecular formula is C15H16BrF2NS. The van der Waals surface area contributed by atoms with E-state index in [1.807, 2.05) is 19.1 Å². The maximum Gasteiger partial charge on any atom is 0.130 e. The van der Waals surface area contributed by atoms with Crippen molar-refractivity contribution in [3.05, 3.63) is 56.2 Å². The molecular weight excluding hydrogens is 344 g/mol. The van der Waals surface area contributed by atoms with E-state index in [1.165, 1.54) is 18.2 Å². The first-order valence-electron chi connectivity index (χ1n) is 6.53. The van der Waals surface area contributed by atoms with Gasteiger partial charge >= 0.3 is 0 Å². The lowest BCUT2D eigenvalue weighted by Gasteiger charge is -2.19. The van der Waals surface area contributed by atoms with Crippen molar-refractivity contribution in [2.45, 2.75) is 25.8 Å². The molecule has 5 heteroatoms. The standard InChI is InChI=1S/C15H16BrF2NS/c1-2-8-19-13(9-10-6-7-14(16)20-10)15-11(17)4-3-5-12(15)18/h3-7,13,19H,2,8-9H2,1H3. The van der Waals surface area contributed by atoms with Crippen LogP contribution in [0.2, 0.25) is 0 Å². The number of halogens is 3. The molecule has 0 aliphatic rings. The van der Waals surface area contributed by atoms with Gasteiger partial charge in [0.1, 0.15) is 11.6 Å². The minimum atomic E-state index is -0.491. The minimum Gasteiger partial charge on any atom is -0.309 e. The molecule has 108 valence electrons. The maximum atomic E-state index is 13.9. The van der Waals surface area contributed by atoms with Gasteiger partial charge in [0.15, 0.2) is 0 Å². The summed E-state index contributed by atoms with van der Waals surface area (Å²) in [4.78, 5) is 1.09. The Hall–Kier alpha value is -0.780. The second-order valence-corrected chi connectivity index (χ2v) is 7.10. The highest BCUT2D eigenvalue weighted by Gasteiger charge is 2.20. The monoisotopic (exact) mass is 359 g/mol. The summed E-state index contributed by atoms with van der Waals surface area (Å²) in [5, 5.41) is 3.24. The second-order valence-electron chi connectivity index (χ2n) is 4.55. The van der Waals surface area contributed by atoms with Gasteiger partial charge in [-0.25, -0.2) is 8.78 Å². The van der Waals surface area contributed by atoms with Crippen molar-refractivity contribution in [1.29, 1.82) is 0 Å². The van der Waals surface area contributed by atoms with Crippen molar-refractivity contribution in [3.63, 3.8) is 0 Å². The predicted octanol–water partition coefficient (Wildman–Crippen LogP) is 5.07. The van der Waals surface area contributed by atoms with Crippen LogP contribution in [-0.2, 0) is 6.42 Å². The first kappa shape index (κ1) is 15.6. The van der Waals surface area contributed by atoms with Gasteiger partial charge in [-0.2, -0.15) is 0 Å². The van der Waals surface area contributed by atoms with E-state index in [0.717, 1.165) is 21.6 Å². The zero-order chi connectivity index (χ0) is 14.5. The summed E-state index contributed by atoms with van der Waals surface area (Å²) in [6.07, 6.45) is 1.49. The van der Waals surface area contributed by atoms with E-state index >= 15 is 0 Å². The molecule has 0 aliphatic carbocycles. The van der Waals surface area contributed by atoms with Crippen molar-refractivity contribution < 1.29 is 8.78 Å². The lowest BCUT2D eigenvalue weighted by atomic mass is 10.0. The van der Waals surface area contributed by atoms with Crippen LogP contribution in [0.15, 0.2) is 34.1 Å². The molecule has 1 atom stereocenters. The van der Waals surface area contributed by atoms with Crippen molar-refractivity contribution in [2.75, 3.05) is 6.54 Å². The van der Waals surface area contributed by atoms with Gasteiger partial charge in [-0.05, 0) is 53.2 Å². The van der Waals surface area contributed by atoms with E-state index in [-0.39, 0.29) is 11.6 Å². The largest absolute Gasteiger partial charge is 0.309 e. The fraction of sp³-hybridized carbons (Fsp3) is 0.333. The van der Waals surface area contributed by atoms with Crippen LogP contribution >= 0.6 is 27.3 Å². The fourth-order valence-corrected chi connectivity index (χ4v) is 3.63. The fourth-order valence-electron chi connectivity index (χ4n) is 2.10. The van der Waals surface area contributed by atoms with Crippen LogP contribution in [-0.4, -0.2) is 6.54 Å². The molecule has 0 amide bonds. The Balaban J connectivity index is 2.27. The molecule has 1 N–H and O–H groups in total. The molecule has 2 rings (SSSR count).